The van der Waals surface area contributed by atoms with Crippen LogP contribution in [-0.2, 0) is 11.3 Å². The van der Waals surface area contributed by atoms with Gasteiger partial charge < -0.3 is 20.1 Å². The van der Waals surface area contributed by atoms with Gasteiger partial charge >= 0.3 is 0 Å². The summed E-state index contributed by atoms with van der Waals surface area (Å²) in [5, 5.41) is 6.24. The lowest BCUT2D eigenvalue weighted by atomic mass is 9.99. The number of amides is 1. The van der Waals surface area contributed by atoms with Crippen molar-refractivity contribution in [2.75, 3.05) is 19.9 Å². The van der Waals surface area contributed by atoms with Crippen molar-refractivity contribution in [2.45, 2.75) is 19.4 Å². The number of halogens is 1. The minimum atomic E-state index is 0. The number of piperidine rings is 1. The number of nitrogens with one attached hydrogen (secondary N) is 2. The highest BCUT2D eigenvalue weighted by atomic mass is 35.5. The molecular weight excluding hydrogens is 280 g/mol. The second-order valence-electron chi connectivity index (χ2n) is 4.95. The van der Waals surface area contributed by atoms with E-state index in [2.05, 4.69) is 10.6 Å². The number of hydrogen-bond donors (Lipinski definition) is 2. The van der Waals surface area contributed by atoms with Crippen LogP contribution >= 0.6 is 12.4 Å². The maximum Gasteiger partial charge on any atom is 0.231 e. The van der Waals surface area contributed by atoms with Gasteiger partial charge in [0.1, 0.15) is 0 Å². The van der Waals surface area contributed by atoms with Crippen LogP contribution in [0.2, 0.25) is 0 Å². The fourth-order valence-corrected chi connectivity index (χ4v) is 2.46. The summed E-state index contributed by atoms with van der Waals surface area (Å²) in [5.41, 5.74) is 1.03. The van der Waals surface area contributed by atoms with Crippen LogP contribution in [0.25, 0.3) is 0 Å². The average Bonchev–Trinajstić information content (AvgIpc) is 2.93. The first-order valence-electron chi connectivity index (χ1n) is 6.70. The zero-order valence-electron chi connectivity index (χ0n) is 11.2. The molecule has 1 amide bonds. The van der Waals surface area contributed by atoms with Crippen molar-refractivity contribution >= 4 is 18.3 Å². The second-order valence-corrected chi connectivity index (χ2v) is 4.95. The first-order valence-corrected chi connectivity index (χ1v) is 6.70. The lowest BCUT2D eigenvalue weighted by Crippen LogP contribution is -2.40. The molecule has 1 aromatic rings. The molecule has 6 heteroatoms. The molecule has 2 aliphatic heterocycles. The molecule has 0 unspecified atom stereocenters. The molecule has 2 N–H and O–H groups in total. The number of carbonyl (C=O) groups excluding carboxylic acids is 1. The first-order chi connectivity index (χ1) is 9.33. The molecule has 0 saturated carbocycles. The molecule has 1 saturated heterocycles. The van der Waals surface area contributed by atoms with E-state index in [-0.39, 0.29) is 31.0 Å². The Hall–Kier alpha value is -1.46. The van der Waals surface area contributed by atoms with E-state index in [1.165, 1.54) is 0 Å². The number of rotatable bonds is 3. The number of carbonyl (C=O) groups is 1. The molecular formula is C14H19ClN2O3. The molecule has 5 nitrogen and oxygen atoms in total. The summed E-state index contributed by atoms with van der Waals surface area (Å²) in [5.74, 6) is 1.75. The van der Waals surface area contributed by atoms with E-state index in [0.717, 1.165) is 43.0 Å². The lowest BCUT2D eigenvalue weighted by Gasteiger charge is -2.21. The molecule has 1 aromatic carbocycles. The molecule has 110 valence electrons. The molecule has 0 spiro atoms. The molecule has 20 heavy (non-hydrogen) atoms. The summed E-state index contributed by atoms with van der Waals surface area (Å²) >= 11 is 0. The molecule has 1 atom stereocenters. The molecule has 0 aliphatic carbocycles. The van der Waals surface area contributed by atoms with Gasteiger partial charge in [0.2, 0.25) is 12.7 Å². The predicted molar refractivity (Wildman–Crippen MR) is 77.3 cm³/mol. The van der Waals surface area contributed by atoms with Gasteiger partial charge in [-0.25, -0.2) is 0 Å². The van der Waals surface area contributed by atoms with Crippen molar-refractivity contribution in [2.24, 2.45) is 5.92 Å². The fraction of sp³-hybridized carbons (Fsp3) is 0.500. The van der Waals surface area contributed by atoms with Crippen LogP contribution in [0.5, 0.6) is 11.5 Å². The van der Waals surface area contributed by atoms with Gasteiger partial charge in [-0.1, -0.05) is 6.07 Å². The van der Waals surface area contributed by atoms with Gasteiger partial charge in [-0.05, 0) is 37.1 Å². The third kappa shape index (κ3) is 3.35. The van der Waals surface area contributed by atoms with E-state index in [1.807, 2.05) is 18.2 Å². The van der Waals surface area contributed by atoms with Crippen molar-refractivity contribution in [3.8, 4) is 11.5 Å². The zero-order chi connectivity index (χ0) is 13.1. The summed E-state index contributed by atoms with van der Waals surface area (Å²) in [6.07, 6.45) is 2.04. The number of ether oxygens (including phenoxy) is 2. The summed E-state index contributed by atoms with van der Waals surface area (Å²) in [7, 11) is 0. The number of benzene rings is 1. The molecule has 1 fully saturated rings. The smallest absolute Gasteiger partial charge is 0.231 e. The monoisotopic (exact) mass is 298 g/mol. The van der Waals surface area contributed by atoms with E-state index in [4.69, 9.17) is 9.47 Å². The highest BCUT2D eigenvalue weighted by Crippen LogP contribution is 2.32. The molecule has 3 rings (SSSR count). The summed E-state index contributed by atoms with van der Waals surface area (Å²) in [4.78, 5) is 12.0. The highest BCUT2D eigenvalue weighted by Gasteiger charge is 2.20. The molecule has 0 radical (unpaired) electrons. The SMILES string of the molecule is Cl.O=C(NCc1ccc2c(c1)OCO2)[C@@H]1CCCNC1. The molecule has 2 heterocycles. The van der Waals surface area contributed by atoms with Crippen molar-refractivity contribution in [3.05, 3.63) is 23.8 Å². The topological polar surface area (TPSA) is 59.6 Å². The van der Waals surface area contributed by atoms with Crippen molar-refractivity contribution < 1.29 is 14.3 Å². The summed E-state index contributed by atoms with van der Waals surface area (Å²) < 4.78 is 10.6. The van der Waals surface area contributed by atoms with E-state index in [9.17, 15) is 4.79 Å². The van der Waals surface area contributed by atoms with Gasteiger partial charge in [-0.15, -0.1) is 12.4 Å². The minimum absolute atomic E-state index is 0. The van der Waals surface area contributed by atoms with E-state index < -0.39 is 0 Å². The number of fused-ring (bicyclic) bond motifs is 1. The van der Waals surface area contributed by atoms with E-state index >= 15 is 0 Å². The van der Waals surface area contributed by atoms with Crippen LogP contribution in [0, 0.1) is 5.92 Å². The Balaban J connectivity index is 0.00000147. The Kier molecular flexibility index (Phi) is 5.09. The van der Waals surface area contributed by atoms with Crippen LogP contribution in [0.3, 0.4) is 0 Å². The Bertz CT molecular complexity index is 475. The fourth-order valence-electron chi connectivity index (χ4n) is 2.46. The van der Waals surface area contributed by atoms with Gasteiger partial charge in [-0.3, -0.25) is 4.79 Å². The van der Waals surface area contributed by atoms with Crippen LogP contribution in [0.4, 0.5) is 0 Å². The molecule has 0 bridgehead atoms. The summed E-state index contributed by atoms with van der Waals surface area (Å²) in [6, 6.07) is 5.75. The van der Waals surface area contributed by atoms with Crippen molar-refractivity contribution in [1.82, 2.24) is 10.6 Å². The maximum absolute atomic E-state index is 12.0. The summed E-state index contributed by atoms with van der Waals surface area (Å²) in [6.45, 7) is 2.61. The largest absolute Gasteiger partial charge is 0.454 e. The first kappa shape index (κ1) is 14.9. The average molecular weight is 299 g/mol. The zero-order valence-corrected chi connectivity index (χ0v) is 12.0. The Morgan fingerprint density at radius 1 is 1.35 bits per heavy atom. The van der Waals surface area contributed by atoms with Crippen LogP contribution in [0.1, 0.15) is 18.4 Å². The van der Waals surface area contributed by atoms with Gasteiger partial charge in [0.25, 0.3) is 0 Å². The van der Waals surface area contributed by atoms with Crippen molar-refractivity contribution in [1.29, 1.82) is 0 Å². The Morgan fingerprint density at radius 3 is 3.00 bits per heavy atom. The quantitative estimate of drug-likeness (QED) is 0.887. The normalized spacial score (nSPS) is 20.1. The van der Waals surface area contributed by atoms with E-state index in [0.29, 0.717) is 6.54 Å². The second kappa shape index (κ2) is 6.81. The third-order valence-electron chi connectivity index (χ3n) is 3.57. The van der Waals surface area contributed by atoms with Crippen LogP contribution in [0.15, 0.2) is 18.2 Å². The van der Waals surface area contributed by atoms with Gasteiger partial charge in [0, 0.05) is 13.1 Å². The third-order valence-corrected chi connectivity index (χ3v) is 3.57. The van der Waals surface area contributed by atoms with Crippen LogP contribution < -0.4 is 20.1 Å². The van der Waals surface area contributed by atoms with Gasteiger partial charge in [-0.2, -0.15) is 0 Å². The standard InChI is InChI=1S/C14H18N2O3.ClH/c17-14(11-2-1-5-15-8-11)16-7-10-3-4-12-13(6-10)19-9-18-12;/h3-4,6,11,15H,1-2,5,7-9H2,(H,16,17);1H/t11-;/m1./s1. The van der Waals surface area contributed by atoms with Crippen molar-refractivity contribution in [3.63, 3.8) is 0 Å². The lowest BCUT2D eigenvalue weighted by molar-refractivity contribution is -0.125. The maximum atomic E-state index is 12.0. The molecule has 2 aliphatic rings. The minimum Gasteiger partial charge on any atom is -0.454 e. The highest BCUT2D eigenvalue weighted by molar-refractivity contribution is 5.85. The van der Waals surface area contributed by atoms with Gasteiger partial charge in [0.05, 0.1) is 5.92 Å². The predicted octanol–water partition coefficient (Wildman–Crippen LogP) is 1.45. The van der Waals surface area contributed by atoms with Crippen LogP contribution in [-0.4, -0.2) is 25.8 Å². The van der Waals surface area contributed by atoms with Gasteiger partial charge in [0.15, 0.2) is 11.5 Å². The number of hydrogen-bond acceptors (Lipinski definition) is 4. The molecule has 0 aromatic heterocycles. The Morgan fingerprint density at radius 2 is 2.20 bits per heavy atom. The Labute approximate surface area is 124 Å². The van der Waals surface area contributed by atoms with E-state index in [1.54, 1.807) is 0 Å².